The fourth-order valence-electron chi connectivity index (χ4n) is 2.58. The molecular formula is C19H23NO2. The minimum Gasteiger partial charge on any atom is -0.478 e. The van der Waals surface area contributed by atoms with Crippen molar-refractivity contribution < 1.29 is 9.90 Å². The zero-order chi connectivity index (χ0) is 16.1. The van der Waals surface area contributed by atoms with Gasteiger partial charge in [0.15, 0.2) is 0 Å². The Bertz CT molecular complexity index is 664. The molecule has 2 aromatic carbocycles. The third-order valence-corrected chi connectivity index (χ3v) is 3.85. The summed E-state index contributed by atoms with van der Waals surface area (Å²) < 4.78 is 0. The van der Waals surface area contributed by atoms with Gasteiger partial charge in [-0.1, -0.05) is 35.9 Å². The molecule has 2 aromatic rings. The number of carboxylic acid groups (broad SMARTS) is 1. The summed E-state index contributed by atoms with van der Waals surface area (Å²) >= 11 is 0. The molecule has 2 rings (SSSR count). The van der Waals surface area contributed by atoms with E-state index in [0.717, 1.165) is 12.0 Å². The van der Waals surface area contributed by atoms with Gasteiger partial charge in [0, 0.05) is 12.6 Å². The lowest BCUT2D eigenvalue weighted by Gasteiger charge is -2.16. The maximum absolute atomic E-state index is 11.0. The first-order valence-electron chi connectivity index (χ1n) is 7.57. The Hall–Kier alpha value is -2.13. The number of rotatable bonds is 6. The number of aryl methyl sites for hydroxylation is 2. The summed E-state index contributed by atoms with van der Waals surface area (Å²) in [5.41, 5.74) is 5.28. The van der Waals surface area contributed by atoms with Crippen LogP contribution in [-0.2, 0) is 13.0 Å². The molecule has 1 unspecified atom stereocenters. The molecule has 0 spiro atoms. The van der Waals surface area contributed by atoms with Crippen LogP contribution in [0.25, 0.3) is 0 Å². The second kappa shape index (κ2) is 7.23. The lowest BCUT2D eigenvalue weighted by molar-refractivity contribution is 0.0696. The summed E-state index contributed by atoms with van der Waals surface area (Å²) in [6.45, 7) is 7.08. The number of carbonyl (C=O) groups is 1. The van der Waals surface area contributed by atoms with Crippen LogP contribution in [0.4, 0.5) is 0 Å². The normalized spacial score (nSPS) is 12.1. The monoisotopic (exact) mass is 297 g/mol. The van der Waals surface area contributed by atoms with E-state index in [9.17, 15) is 4.79 Å². The fourth-order valence-corrected chi connectivity index (χ4v) is 2.58. The van der Waals surface area contributed by atoms with Gasteiger partial charge in [0.05, 0.1) is 5.56 Å². The molecule has 0 saturated heterocycles. The number of aromatic carboxylic acids is 1. The number of hydrogen-bond donors (Lipinski definition) is 2. The van der Waals surface area contributed by atoms with Crippen molar-refractivity contribution in [1.82, 2.24) is 5.32 Å². The molecule has 0 bridgehead atoms. The van der Waals surface area contributed by atoms with Gasteiger partial charge in [-0.3, -0.25) is 0 Å². The number of carboxylic acids is 1. The lowest BCUT2D eigenvalue weighted by Crippen LogP contribution is -2.27. The van der Waals surface area contributed by atoms with Crippen LogP contribution in [0, 0.1) is 13.8 Å². The molecule has 116 valence electrons. The predicted molar refractivity (Wildman–Crippen MR) is 89.3 cm³/mol. The van der Waals surface area contributed by atoms with Crippen molar-refractivity contribution in [2.45, 2.75) is 39.8 Å². The third-order valence-electron chi connectivity index (χ3n) is 3.85. The molecule has 0 heterocycles. The number of hydrogen-bond acceptors (Lipinski definition) is 2. The largest absolute Gasteiger partial charge is 0.478 e. The van der Waals surface area contributed by atoms with Gasteiger partial charge >= 0.3 is 5.97 Å². The van der Waals surface area contributed by atoms with Crippen molar-refractivity contribution in [3.05, 3.63) is 70.3 Å². The molecular weight excluding hydrogens is 274 g/mol. The molecule has 0 radical (unpaired) electrons. The van der Waals surface area contributed by atoms with Gasteiger partial charge in [-0.05, 0) is 56.0 Å². The van der Waals surface area contributed by atoms with Gasteiger partial charge < -0.3 is 10.4 Å². The van der Waals surface area contributed by atoms with Crippen LogP contribution >= 0.6 is 0 Å². The van der Waals surface area contributed by atoms with Gasteiger partial charge in [0.2, 0.25) is 0 Å². The van der Waals surface area contributed by atoms with Crippen LogP contribution in [0.2, 0.25) is 0 Å². The number of nitrogens with one attached hydrogen (secondary N) is 1. The van der Waals surface area contributed by atoms with Gasteiger partial charge in [0.1, 0.15) is 0 Å². The van der Waals surface area contributed by atoms with Gasteiger partial charge in [-0.15, -0.1) is 0 Å². The second-order valence-corrected chi connectivity index (χ2v) is 5.92. The highest BCUT2D eigenvalue weighted by Gasteiger charge is 2.07. The molecule has 1 atom stereocenters. The van der Waals surface area contributed by atoms with Crippen molar-refractivity contribution in [3.63, 3.8) is 0 Å². The van der Waals surface area contributed by atoms with E-state index in [-0.39, 0.29) is 0 Å². The maximum atomic E-state index is 11.0. The molecule has 0 aliphatic rings. The van der Waals surface area contributed by atoms with E-state index < -0.39 is 5.97 Å². The van der Waals surface area contributed by atoms with Crippen LogP contribution in [0.1, 0.15) is 39.5 Å². The molecule has 2 N–H and O–H groups in total. The highest BCUT2D eigenvalue weighted by molar-refractivity contribution is 5.87. The topological polar surface area (TPSA) is 49.3 Å². The quantitative estimate of drug-likeness (QED) is 0.854. The third kappa shape index (κ3) is 4.43. The van der Waals surface area contributed by atoms with Crippen LogP contribution in [0.3, 0.4) is 0 Å². The van der Waals surface area contributed by atoms with E-state index in [1.807, 2.05) is 6.07 Å². The summed E-state index contributed by atoms with van der Waals surface area (Å²) in [7, 11) is 0. The summed E-state index contributed by atoms with van der Waals surface area (Å²) in [5, 5.41) is 12.5. The summed E-state index contributed by atoms with van der Waals surface area (Å²) in [6, 6.07) is 13.9. The van der Waals surface area contributed by atoms with Gasteiger partial charge in [0.25, 0.3) is 0 Å². The second-order valence-electron chi connectivity index (χ2n) is 5.92. The van der Waals surface area contributed by atoms with Gasteiger partial charge in [-0.25, -0.2) is 4.79 Å². The Balaban J connectivity index is 1.94. The minimum atomic E-state index is -0.884. The maximum Gasteiger partial charge on any atom is 0.335 e. The summed E-state index contributed by atoms with van der Waals surface area (Å²) in [6.07, 6.45) is 0.963. The van der Waals surface area contributed by atoms with E-state index in [1.54, 1.807) is 18.2 Å². The summed E-state index contributed by atoms with van der Waals surface area (Å²) in [5.74, 6) is -0.884. The first kappa shape index (κ1) is 16.2. The first-order valence-corrected chi connectivity index (χ1v) is 7.57. The zero-order valence-corrected chi connectivity index (χ0v) is 13.4. The molecule has 22 heavy (non-hydrogen) atoms. The standard InChI is InChI=1S/C19H23NO2/c1-13-7-8-17(14(2)9-13)10-15(3)20-12-16-5-4-6-18(11-16)19(21)22/h4-9,11,15,20H,10,12H2,1-3H3,(H,21,22). The van der Waals surface area contributed by atoms with Crippen LogP contribution in [-0.4, -0.2) is 17.1 Å². The minimum absolute atomic E-state index is 0.329. The highest BCUT2D eigenvalue weighted by atomic mass is 16.4. The Morgan fingerprint density at radius 1 is 1.18 bits per heavy atom. The molecule has 0 aliphatic heterocycles. The van der Waals surface area contributed by atoms with E-state index in [1.165, 1.54) is 16.7 Å². The van der Waals surface area contributed by atoms with Gasteiger partial charge in [-0.2, -0.15) is 0 Å². The van der Waals surface area contributed by atoms with E-state index in [2.05, 4.69) is 44.3 Å². The van der Waals surface area contributed by atoms with Crippen LogP contribution in [0.15, 0.2) is 42.5 Å². The first-order chi connectivity index (χ1) is 10.5. The van der Waals surface area contributed by atoms with E-state index in [0.29, 0.717) is 18.2 Å². The molecule has 0 saturated carbocycles. The average molecular weight is 297 g/mol. The molecule has 3 heteroatoms. The Labute approximate surface area is 132 Å². The van der Waals surface area contributed by atoms with Crippen molar-refractivity contribution in [2.24, 2.45) is 0 Å². The van der Waals surface area contributed by atoms with Crippen molar-refractivity contribution in [1.29, 1.82) is 0 Å². The number of benzene rings is 2. The molecule has 0 aliphatic carbocycles. The summed E-state index contributed by atoms with van der Waals surface area (Å²) in [4.78, 5) is 11.0. The molecule has 0 aromatic heterocycles. The molecule has 0 amide bonds. The highest BCUT2D eigenvalue weighted by Crippen LogP contribution is 2.13. The predicted octanol–water partition coefficient (Wildman–Crippen LogP) is 3.72. The lowest BCUT2D eigenvalue weighted by atomic mass is 10.00. The smallest absolute Gasteiger partial charge is 0.335 e. The van der Waals surface area contributed by atoms with Crippen LogP contribution in [0.5, 0.6) is 0 Å². The molecule has 0 fully saturated rings. The van der Waals surface area contributed by atoms with Crippen LogP contribution < -0.4 is 5.32 Å². The Kier molecular flexibility index (Phi) is 5.34. The van der Waals surface area contributed by atoms with Crippen molar-refractivity contribution in [3.8, 4) is 0 Å². The van der Waals surface area contributed by atoms with Crippen molar-refractivity contribution >= 4 is 5.97 Å². The Morgan fingerprint density at radius 2 is 1.95 bits per heavy atom. The molecule has 3 nitrogen and oxygen atoms in total. The van der Waals surface area contributed by atoms with E-state index >= 15 is 0 Å². The zero-order valence-electron chi connectivity index (χ0n) is 13.4. The fraction of sp³-hybridized carbons (Fsp3) is 0.316. The van der Waals surface area contributed by atoms with E-state index in [4.69, 9.17) is 5.11 Å². The van der Waals surface area contributed by atoms with Crippen molar-refractivity contribution in [2.75, 3.05) is 0 Å². The Morgan fingerprint density at radius 3 is 2.64 bits per heavy atom. The SMILES string of the molecule is Cc1ccc(CC(C)NCc2cccc(C(=O)O)c2)c(C)c1. The average Bonchev–Trinajstić information content (AvgIpc) is 2.48.